The number of para-hydroxylation sites is 1. The van der Waals surface area contributed by atoms with Gasteiger partial charge in [-0.1, -0.05) is 18.2 Å². The van der Waals surface area contributed by atoms with Crippen LogP contribution in [0, 0.1) is 0 Å². The van der Waals surface area contributed by atoms with Gasteiger partial charge in [-0.3, -0.25) is 9.97 Å². The quantitative estimate of drug-likeness (QED) is 0.289. The Balaban J connectivity index is 1.40. The van der Waals surface area contributed by atoms with Crippen molar-refractivity contribution in [2.24, 2.45) is 0 Å². The smallest absolute Gasteiger partial charge is 0.157 e. The lowest BCUT2D eigenvalue weighted by molar-refractivity contribution is 0.230. The van der Waals surface area contributed by atoms with Crippen LogP contribution in [0.3, 0.4) is 0 Å². The number of fused-ring (bicyclic) bond motifs is 2. The summed E-state index contributed by atoms with van der Waals surface area (Å²) in [7, 11) is 0. The molecule has 6 aromatic rings. The first-order valence-corrected chi connectivity index (χ1v) is 11.8. The number of aromatic nitrogens is 6. The van der Waals surface area contributed by atoms with E-state index in [1.807, 2.05) is 80.6 Å². The first-order chi connectivity index (χ1) is 17.7. The standard InChI is InChI=1S/C28H24N6O2/c1-3-35-18-15-19(25-23(16-18)32-28(33-25)22-10-5-7-14-30-22)17(2)36-24-12-8-11-20-26(24)34-27(31-20)21-9-4-6-13-29-21/h4-17H,3H2,1-2H3,(H,31,34)(H,32,33). The van der Waals surface area contributed by atoms with Crippen LogP contribution in [0.2, 0.25) is 0 Å². The van der Waals surface area contributed by atoms with Gasteiger partial charge in [0.25, 0.3) is 0 Å². The van der Waals surface area contributed by atoms with Crippen molar-refractivity contribution in [3.8, 4) is 34.5 Å². The molecule has 4 heterocycles. The highest BCUT2D eigenvalue weighted by Crippen LogP contribution is 2.35. The monoisotopic (exact) mass is 476 g/mol. The summed E-state index contributed by atoms with van der Waals surface area (Å²) in [4.78, 5) is 25.2. The summed E-state index contributed by atoms with van der Waals surface area (Å²) in [6.45, 7) is 4.53. The van der Waals surface area contributed by atoms with Crippen molar-refractivity contribution < 1.29 is 9.47 Å². The Kier molecular flexibility index (Phi) is 5.53. The molecule has 178 valence electrons. The fourth-order valence-electron chi connectivity index (χ4n) is 4.28. The maximum absolute atomic E-state index is 6.49. The lowest BCUT2D eigenvalue weighted by atomic mass is 10.1. The first-order valence-electron chi connectivity index (χ1n) is 11.8. The molecule has 1 unspecified atom stereocenters. The molecule has 0 aliphatic heterocycles. The molecule has 0 amide bonds. The first kappa shape index (κ1) is 21.8. The van der Waals surface area contributed by atoms with Crippen molar-refractivity contribution in [1.82, 2.24) is 29.9 Å². The SMILES string of the molecule is CCOc1cc(C(C)Oc2cccc3[nH]c(-c4ccccn4)nc23)c2nc(-c3ccccn3)[nH]c2c1. The Labute approximate surface area is 207 Å². The topological polar surface area (TPSA) is 102 Å². The molecule has 8 nitrogen and oxygen atoms in total. The second kappa shape index (κ2) is 9.14. The fraction of sp³-hybridized carbons (Fsp3) is 0.143. The van der Waals surface area contributed by atoms with Gasteiger partial charge in [0.1, 0.15) is 34.5 Å². The summed E-state index contributed by atoms with van der Waals surface area (Å²) in [5.74, 6) is 2.82. The van der Waals surface area contributed by atoms with E-state index in [4.69, 9.17) is 19.4 Å². The number of pyridine rings is 2. The summed E-state index contributed by atoms with van der Waals surface area (Å²) >= 11 is 0. The summed E-state index contributed by atoms with van der Waals surface area (Å²) in [6.07, 6.45) is 3.18. The molecule has 0 aliphatic rings. The van der Waals surface area contributed by atoms with Gasteiger partial charge in [0, 0.05) is 24.0 Å². The van der Waals surface area contributed by atoms with E-state index in [1.54, 1.807) is 12.4 Å². The minimum Gasteiger partial charge on any atom is -0.494 e. The number of hydrogen-bond donors (Lipinski definition) is 2. The molecule has 2 N–H and O–H groups in total. The molecule has 1 atom stereocenters. The van der Waals surface area contributed by atoms with Crippen LogP contribution < -0.4 is 9.47 Å². The van der Waals surface area contributed by atoms with E-state index >= 15 is 0 Å². The predicted octanol–water partition coefficient (Wildman–Crippen LogP) is 6.10. The third-order valence-electron chi connectivity index (χ3n) is 5.93. The van der Waals surface area contributed by atoms with E-state index < -0.39 is 0 Å². The highest BCUT2D eigenvalue weighted by atomic mass is 16.5. The largest absolute Gasteiger partial charge is 0.494 e. The van der Waals surface area contributed by atoms with Gasteiger partial charge in [0.2, 0.25) is 0 Å². The summed E-state index contributed by atoms with van der Waals surface area (Å²) in [5.41, 5.74) is 5.76. The van der Waals surface area contributed by atoms with Crippen LogP contribution in [0.5, 0.6) is 11.5 Å². The van der Waals surface area contributed by atoms with Crippen LogP contribution in [0.4, 0.5) is 0 Å². The summed E-state index contributed by atoms with van der Waals surface area (Å²) in [5, 5.41) is 0. The molecular weight excluding hydrogens is 452 g/mol. The van der Waals surface area contributed by atoms with E-state index in [-0.39, 0.29) is 6.10 Å². The summed E-state index contributed by atoms with van der Waals surface area (Å²) in [6, 6.07) is 21.3. The van der Waals surface area contributed by atoms with Crippen LogP contribution >= 0.6 is 0 Å². The number of nitrogens with one attached hydrogen (secondary N) is 2. The van der Waals surface area contributed by atoms with Gasteiger partial charge in [0.05, 0.1) is 23.2 Å². The Bertz CT molecular complexity index is 1640. The van der Waals surface area contributed by atoms with E-state index in [0.29, 0.717) is 24.0 Å². The molecule has 0 bridgehead atoms. The molecule has 0 spiro atoms. The van der Waals surface area contributed by atoms with Crippen LogP contribution in [-0.2, 0) is 0 Å². The van der Waals surface area contributed by atoms with Gasteiger partial charge in [-0.05, 0) is 56.3 Å². The van der Waals surface area contributed by atoms with Crippen molar-refractivity contribution in [3.63, 3.8) is 0 Å². The fourth-order valence-corrected chi connectivity index (χ4v) is 4.28. The summed E-state index contributed by atoms with van der Waals surface area (Å²) < 4.78 is 12.3. The molecule has 6 rings (SSSR count). The lowest BCUT2D eigenvalue weighted by Crippen LogP contribution is -2.05. The number of H-pyrrole nitrogens is 2. The molecule has 0 aliphatic carbocycles. The Hall–Kier alpha value is -4.72. The van der Waals surface area contributed by atoms with Gasteiger partial charge in [-0.2, -0.15) is 0 Å². The lowest BCUT2D eigenvalue weighted by Gasteiger charge is -2.17. The van der Waals surface area contributed by atoms with Crippen molar-refractivity contribution in [2.75, 3.05) is 6.61 Å². The molecule has 0 saturated heterocycles. The second-order valence-corrected chi connectivity index (χ2v) is 8.35. The highest BCUT2D eigenvalue weighted by molar-refractivity contribution is 5.86. The number of nitrogens with zero attached hydrogens (tertiary/aromatic N) is 4. The predicted molar refractivity (Wildman–Crippen MR) is 139 cm³/mol. The van der Waals surface area contributed by atoms with Crippen LogP contribution in [0.15, 0.2) is 79.1 Å². The second-order valence-electron chi connectivity index (χ2n) is 8.35. The molecule has 0 fully saturated rings. The van der Waals surface area contributed by atoms with Crippen molar-refractivity contribution in [3.05, 3.63) is 84.7 Å². The third kappa shape index (κ3) is 4.02. The third-order valence-corrected chi connectivity index (χ3v) is 5.93. The minimum absolute atomic E-state index is 0.326. The zero-order valence-electron chi connectivity index (χ0n) is 19.9. The van der Waals surface area contributed by atoms with Crippen LogP contribution in [0.1, 0.15) is 25.5 Å². The number of aromatic amines is 2. The Morgan fingerprint density at radius 3 is 2.14 bits per heavy atom. The van der Waals surface area contributed by atoms with Crippen molar-refractivity contribution in [2.45, 2.75) is 20.0 Å². The maximum atomic E-state index is 6.49. The zero-order chi connectivity index (χ0) is 24.5. The van der Waals surface area contributed by atoms with Gasteiger partial charge in [-0.25, -0.2) is 9.97 Å². The molecular formula is C28H24N6O2. The number of imidazole rings is 2. The number of ether oxygens (including phenoxy) is 2. The molecule has 36 heavy (non-hydrogen) atoms. The normalized spacial score (nSPS) is 12.2. The minimum atomic E-state index is -0.326. The molecule has 4 aromatic heterocycles. The maximum Gasteiger partial charge on any atom is 0.157 e. The van der Waals surface area contributed by atoms with Crippen molar-refractivity contribution in [1.29, 1.82) is 0 Å². The average Bonchev–Trinajstić information content (AvgIpc) is 3.55. The number of rotatable bonds is 7. The van der Waals surface area contributed by atoms with Crippen LogP contribution in [-0.4, -0.2) is 36.5 Å². The average molecular weight is 477 g/mol. The van der Waals surface area contributed by atoms with Gasteiger partial charge in [0.15, 0.2) is 11.6 Å². The number of hydrogen-bond acceptors (Lipinski definition) is 6. The van der Waals surface area contributed by atoms with Gasteiger partial charge in [-0.15, -0.1) is 0 Å². The van der Waals surface area contributed by atoms with Gasteiger partial charge >= 0.3 is 0 Å². The molecule has 2 aromatic carbocycles. The molecule has 8 heteroatoms. The van der Waals surface area contributed by atoms with Crippen LogP contribution in [0.25, 0.3) is 45.1 Å². The highest BCUT2D eigenvalue weighted by Gasteiger charge is 2.20. The van der Waals surface area contributed by atoms with E-state index in [0.717, 1.165) is 44.8 Å². The zero-order valence-corrected chi connectivity index (χ0v) is 19.9. The van der Waals surface area contributed by atoms with E-state index in [9.17, 15) is 0 Å². The molecule has 0 radical (unpaired) electrons. The molecule has 0 saturated carbocycles. The van der Waals surface area contributed by atoms with E-state index in [1.165, 1.54) is 0 Å². The van der Waals surface area contributed by atoms with Crippen molar-refractivity contribution >= 4 is 22.1 Å². The van der Waals surface area contributed by atoms with Gasteiger partial charge < -0.3 is 19.4 Å². The van der Waals surface area contributed by atoms with E-state index in [2.05, 4.69) is 19.9 Å². The Morgan fingerprint density at radius 2 is 1.47 bits per heavy atom. The number of benzene rings is 2. The Morgan fingerprint density at radius 1 is 0.778 bits per heavy atom.